The maximum Gasteiger partial charge on any atom is 0.211 e. The first-order chi connectivity index (χ1) is 6.52. The molecule has 2 aliphatic carbocycles. The van der Waals surface area contributed by atoms with Crippen LogP contribution in [-0.4, -0.2) is 13.7 Å². The molecule has 0 aliphatic heterocycles. The van der Waals surface area contributed by atoms with Crippen LogP contribution in [0.4, 0.5) is 0 Å². The molecule has 0 unspecified atom stereocenters. The van der Waals surface area contributed by atoms with E-state index in [9.17, 15) is 8.42 Å². The van der Waals surface area contributed by atoms with Crippen LogP contribution in [0.25, 0.3) is 0 Å². The van der Waals surface area contributed by atoms with Gasteiger partial charge < -0.3 is 0 Å². The van der Waals surface area contributed by atoms with Gasteiger partial charge >= 0.3 is 0 Å². The minimum absolute atomic E-state index is 0.256. The molecule has 4 heteroatoms. The highest BCUT2D eigenvalue weighted by Gasteiger charge is 2.39. The summed E-state index contributed by atoms with van der Waals surface area (Å²) in [6.45, 7) is 0. The van der Waals surface area contributed by atoms with E-state index in [1.807, 2.05) is 0 Å². The molecule has 2 saturated carbocycles. The minimum atomic E-state index is -3.27. The molecule has 0 aromatic rings. The molecule has 0 saturated heterocycles. The van der Waals surface area contributed by atoms with E-state index in [4.69, 9.17) is 5.14 Å². The highest BCUT2D eigenvalue weighted by atomic mass is 32.2. The lowest BCUT2D eigenvalue weighted by atomic mass is 9.73. The van der Waals surface area contributed by atoms with Crippen molar-refractivity contribution in [3.8, 4) is 0 Å². The molecular formula is C10H19NO2S. The maximum absolute atomic E-state index is 11.2. The number of primary sulfonamides is 1. The Morgan fingerprint density at radius 3 is 1.93 bits per heavy atom. The van der Waals surface area contributed by atoms with Crippen LogP contribution >= 0.6 is 0 Å². The Kier molecular flexibility index (Phi) is 2.60. The van der Waals surface area contributed by atoms with E-state index in [0.29, 0.717) is 5.41 Å². The first kappa shape index (κ1) is 10.4. The average molecular weight is 217 g/mol. The Labute approximate surface area is 86.1 Å². The Hall–Kier alpha value is -0.0900. The SMILES string of the molecule is NS(=O)(=O)C1CCC2(CCCC2)CC1. The summed E-state index contributed by atoms with van der Waals surface area (Å²) in [6.07, 6.45) is 9.02. The summed E-state index contributed by atoms with van der Waals surface area (Å²) in [5.41, 5.74) is 0.501. The molecule has 1 spiro atoms. The smallest absolute Gasteiger partial charge is 0.211 e. The summed E-state index contributed by atoms with van der Waals surface area (Å²) in [5, 5.41) is 4.91. The fraction of sp³-hybridized carbons (Fsp3) is 1.00. The molecule has 0 heterocycles. The van der Waals surface area contributed by atoms with Crippen LogP contribution in [0.2, 0.25) is 0 Å². The Bertz CT molecular complexity index is 294. The fourth-order valence-electron chi connectivity index (χ4n) is 3.16. The molecule has 0 amide bonds. The largest absolute Gasteiger partial charge is 0.228 e. The second-order valence-electron chi connectivity index (χ2n) is 5.00. The van der Waals surface area contributed by atoms with Gasteiger partial charge in [-0.05, 0) is 43.9 Å². The lowest BCUT2D eigenvalue weighted by Gasteiger charge is -2.36. The molecule has 0 aromatic heterocycles. The van der Waals surface area contributed by atoms with Crippen molar-refractivity contribution in [2.75, 3.05) is 0 Å². The van der Waals surface area contributed by atoms with Gasteiger partial charge in [-0.3, -0.25) is 0 Å². The Morgan fingerprint density at radius 2 is 1.50 bits per heavy atom. The summed E-state index contributed by atoms with van der Waals surface area (Å²) in [6, 6.07) is 0. The fourth-order valence-corrected chi connectivity index (χ4v) is 4.05. The first-order valence-corrected chi connectivity index (χ1v) is 7.14. The standard InChI is InChI=1S/C10H19NO2S/c11-14(12,13)9-3-7-10(8-4-9)5-1-2-6-10/h9H,1-8H2,(H2,11,12,13). The minimum Gasteiger partial charge on any atom is -0.228 e. The molecular weight excluding hydrogens is 198 g/mol. The van der Waals surface area contributed by atoms with Gasteiger partial charge in [0, 0.05) is 0 Å². The normalized spacial score (nSPS) is 28.4. The van der Waals surface area contributed by atoms with Crippen LogP contribution in [0.15, 0.2) is 0 Å². The third kappa shape index (κ3) is 1.96. The third-order valence-electron chi connectivity index (χ3n) is 4.12. The second-order valence-corrected chi connectivity index (χ2v) is 6.84. The van der Waals surface area contributed by atoms with Crippen molar-refractivity contribution < 1.29 is 8.42 Å². The van der Waals surface area contributed by atoms with E-state index < -0.39 is 10.0 Å². The molecule has 0 bridgehead atoms. The van der Waals surface area contributed by atoms with E-state index in [2.05, 4.69) is 0 Å². The quantitative estimate of drug-likeness (QED) is 0.727. The molecule has 0 aromatic carbocycles. The van der Waals surface area contributed by atoms with Gasteiger partial charge in [0.2, 0.25) is 10.0 Å². The molecule has 2 aliphatic rings. The van der Waals surface area contributed by atoms with Gasteiger partial charge in [-0.15, -0.1) is 0 Å². The molecule has 3 nitrogen and oxygen atoms in total. The third-order valence-corrected chi connectivity index (χ3v) is 5.52. The predicted octanol–water partition coefficient (Wildman–Crippen LogP) is 1.78. The van der Waals surface area contributed by atoms with Crippen molar-refractivity contribution in [2.24, 2.45) is 10.6 Å². The zero-order valence-electron chi connectivity index (χ0n) is 8.54. The van der Waals surface area contributed by atoms with E-state index in [0.717, 1.165) is 25.7 Å². The summed E-state index contributed by atoms with van der Waals surface area (Å²) in [5.74, 6) is 0. The summed E-state index contributed by atoms with van der Waals surface area (Å²) in [7, 11) is -3.27. The van der Waals surface area contributed by atoms with Crippen molar-refractivity contribution in [2.45, 2.75) is 56.6 Å². The van der Waals surface area contributed by atoms with Crippen molar-refractivity contribution in [1.82, 2.24) is 0 Å². The second kappa shape index (κ2) is 3.49. The number of sulfonamides is 1. The molecule has 2 fully saturated rings. The molecule has 2 rings (SSSR count). The highest BCUT2D eigenvalue weighted by molar-refractivity contribution is 7.89. The van der Waals surface area contributed by atoms with Crippen LogP contribution in [0, 0.1) is 5.41 Å². The monoisotopic (exact) mass is 217 g/mol. The van der Waals surface area contributed by atoms with Gasteiger partial charge in [0.1, 0.15) is 0 Å². The average Bonchev–Trinajstić information content (AvgIpc) is 2.53. The van der Waals surface area contributed by atoms with Crippen LogP contribution in [0.5, 0.6) is 0 Å². The predicted molar refractivity (Wildman–Crippen MR) is 56.3 cm³/mol. The zero-order valence-corrected chi connectivity index (χ0v) is 9.35. The lowest BCUT2D eigenvalue weighted by molar-refractivity contribution is 0.198. The molecule has 0 radical (unpaired) electrons. The van der Waals surface area contributed by atoms with Gasteiger partial charge in [0.15, 0.2) is 0 Å². The number of hydrogen-bond acceptors (Lipinski definition) is 2. The van der Waals surface area contributed by atoms with Crippen molar-refractivity contribution in [1.29, 1.82) is 0 Å². The maximum atomic E-state index is 11.2. The first-order valence-electron chi connectivity index (χ1n) is 5.54. The summed E-state index contributed by atoms with van der Waals surface area (Å²) >= 11 is 0. The Morgan fingerprint density at radius 1 is 1.00 bits per heavy atom. The van der Waals surface area contributed by atoms with Gasteiger partial charge in [0.05, 0.1) is 5.25 Å². The van der Waals surface area contributed by atoms with E-state index in [1.54, 1.807) is 0 Å². The number of rotatable bonds is 1. The van der Waals surface area contributed by atoms with Crippen molar-refractivity contribution >= 4 is 10.0 Å². The van der Waals surface area contributed by atoms with Gasteiger partial charge in [-0.1, -0.05) is 12.8 Å². The van der Waals surface area contributed by atoms with E-state index >= 15 is 0 Å². The van der Waals surface area contributed by atoms with Gasteiger partial charge in [-0.2, -0.15) is 0 Å². The molecule has 0 atom stereocenters. The zero-order chi connectivity index (χ0) is 10.2. The van der Waals surface area contributed by atoms with E-state index in [1.165, 1.54) is 25.7 Å². The number of nitrogens with two attached hydrogens (primary N) is 1. The highest BCUT2D eigenvalue weighted by Crippen LogP contribution is 2.49. The van der Waals surface area contributed by atoms with Crippen molar-refractivity contribution in [3.05, 3.63) is 0 Å². The summed E-state index contributed by atoms with van der Waals surface area (Å²) < 4.78 is 22.3. The Balaban J connectivity index is 1.98. The van der Waals surface area contributed by atoms with Crippen LogP contribution < -0.4 is 5.14 Å². The van der Waals surface area contributed by atoms with Crippen molar-refractivity contribution in [3.63, 3.8) is 0 Å². The van der Waals surface area contributed by atoms with Crippen LogP contribution in [0.3, 0.4) is 0 Å². The molecule has 14 heavy (non-hydrogen) atoms. The van der Waals surface area contributed by atoms with E-state index in [-0.39, 0.29) is 5.25 Å². The van der Waals surface area contributed by atoms with Crippen LogP contribution in [-0.2, 0) is 10.0 Å². The molecule has 2 N–H and O–H groups in total. The van der Waals surface area contributed by atoms with Gasteiger partial charge in [0.25, 0.3) is 0 Å². The topological polar surface area (TPSA) is 60.2 Å². The lowest BCUT2D eigenvalue weighted by Crippen LogP contribution is -2.35. The summed E-state index contributed by atoms with van der Waals surface area (Å²) in [4.78, 5) is 0. The molecule has 82 valence electrons. The van der Waals surface area contributed by atoms with Gasteiger partial charge in [-0.25, -0.2) is 13.6 Å². The van der Waals surface area contributed by atoms with Crippen LogP contribution in [0.1, 0.15) is 51.4 Å². The number of hydrogen-bond donors (Lipinski definition) is 1.